The molecule has 1 rings (SSSR count). The number of carbonyl (C=O) groups is 1. The summed E-state index contributed by atoms with van der Waals surface area (Å²) in [5.74, 6) is 0.353. The van der Waals surface area contributed by atoms with E-state index in [2.05, 4.69) is 6.07 Å². The Bertz CT molecular complexity index is 455. The molecule has 0 spiro atoms. The van der Waals surface area contributed by atoms with Crippen molar-refractivity contribution < 1.29 is 14.3 Å². The van der Waals surface area contributed by atoms with Crippen LogP contribution in [0.4, 0.5) is 0 Å². The molecule has 0 saturated carbocycles. The van der Waals surface area contributed by atoms with Crippen molar-refractivity contribution in [1.82, 2.24) is 0 Å². The van der Waals surface area contributed by atoms with Crippen molar-refractivity contribution in [2.45, 2.75) is 46.1 Å². The van der Waals surface area contributed by atoms with Crippen LogP contribution in [0.15, 0.2) is 18.2 Å². The van der Waals surface area contributed by atoms with Crippen molar-refractivity contribution in [3.05, 3.63) is 29.3 Å². The van der Waals surface area contributed by atoms with Crippen LogP contribution in [0.2, 0.25) is 0 Å². The van der Waals surface area contributed by atoms with Crippen molar-refractivity contribution in [2.24, 2.45) is 5.73 Å². The maximum absolute atomic E-state index is 11.8. The molecule has 112 valence electrons. The Hall–Kier alpha value is -1.55. The Morgan fingerprint density at radius 3 is 2.60 bits per heavy atom. The van der Waals surface area contributed by atoms with Gasteiger partial charge in [-0.1, -0.05) is 12.1 Å². The largest absolute Gasteiger partial charge is 0.476 e. The lowest BCUT2D eigenvalue weighted by molar-refractivity contribution is -0.158. The molecule has 20 heavy (non-hydrogen) atoms. The maximum atomic E-state index is 11.8. The molecule has 4 heteroatoms. The van der Waals surface area contributed by atoms with Gasteiger partial charge in [0, 0.05) is 0 Å². The molecule has 1 aromatic rings. The van der Waals surface area contributed by atoms with Gasteiger partial charge in [-0.15, -0.1) is 0 Å². The van der Waals surface area contributed by atoms with E-state index in [1.54, 1.807) is 20.8 Å². The average Bonchev–Trinajstić information content (AvgIpc) is 2.39. The van der Waals surface area contributed by atoms with Gasteiger partial charge in [0.15, 0.2) is 5.60 Å². The van der Waals surface area contributed by atoms with E-state index in [-0.39, 0.29) is 5.97 Å². The number of aryl methyl sites for hydroxylation is 2. The van der Waals surface area contributed by atoms with Gasteiger partial charge in [-0.2, -0.15) is 0 Å². The lowest BCUT2D eigenvalue weighted by Crippen LogP contribution is -2.39. The van der Waals surface area contributed by atoms with Crippen LogP contribution in [0.1, 0.15) is 38.3 Å². The molecule has 0 amide bonds. The van der Waals surface area contributed by atoms with E-state index in [4.69, 9.17) is 15.2 Å². The second kappa shape index (κ2) is 7.29. The van der Waals surface area contributed by atoms with E-state index < -0.39 is 5.60 Å². The Balaban J connectivity index is 2.79. The van der Waals surface area contributed by atoms with Gasteiger partial charge in [-0.25, -0.2) is 4.79 Å². The Morgan fingerprint density at radius 2 is 2.05 bits per heavy atom. The molecular weight excluding hydrogens is 254 g/mol. The Kier molecular flexibility index (Phi) is 6.02. The lowest BCUT2D eigenvalue weighted by atomic mass is 10.1. The molecule has 0 aromatic heterocycles. The van der Waals surface area contributed by atoms with Crippen molar-refractivity contribution in [3.8, 4) is 5.75 Å². The number of benzene rings is 1. The molecule has 0 unspecified atom stereocenters. The van der Waals surface area contributed by atoms with Gasteiger partial charge in [0.25, 0.3) is 0 Å². The number of rotatable bonds is 7. The third-order valence-electron chi connectivity index (χ3n) is 3.04. The summed E-state index contributed by atoms with van der Waals surface area (Å²) in [6.07, 6.45) is 1.92. The standard InChI is InChI=1S/C16H25NO3/c1-5-19-15(18)16(3,4)20-14-9-8-13(7-6-10-17)11-12(14)2/h8-9,11H,5-7,10,17H2,1-4H3. The van der Waals surface area contributed by atoms with Gasteiger partial charge >= 0.3 is 5.97 Å². The van der Waals surface area contributed by atoms with Gasteiger partial charge in [0.05, 0.1) is 6.61 Å². The molecule has 0 bridgehead atoms. The molecule has 4 nitrogen and oxygen atoms in total. The van der Waals surface area contributed by atoms with Crippen LogP contribution in [-0.2, 0) is 16.0 Å². The molecule has 0 aliphatic heterocycles. The molecule has 0 aliphatic carbocycles. The summed E-state index contributed by atoms with van der Waals surface area (Å²) in [7, 11) is 0. The zero-order valence-corrected chi connectivity index (χ0v) is 12.9. The quantitative estimate of drug-likeness (QED) is 0.779. The fourth-order valence-corrected chi connectivity index (χ4v) is 1.91. The monoisotopic (exact) mass is 279 g/mol. The average molecular weight is 279 g/mol. The van der Waals surface area contributed by atoms with Crippen LogP contribution < -0.4 is 10.5 Å². The molecule has 0 heterocycles. The molecule has 2 N–H and O–H groups in total. The minimum absolute atomic E-state index is 0.350. The van der Waals surface area contributed by atoms with Crippen LogP contribution in [0.5, 0.6) is 5.75 Å². The highest BCUT2D eigenvalue weighted by atomic mass is 16.6. The fourth-order valence-electron chi connectivity index (χ4n) is 1.91. The second-order valence-electron chi connectivity index (χ2n) is 5.32. The fraction of sp³-hybridized carbons (Fsp3) is 0.562. The van der Waals surface area contributed by atoms with E-state index in [1.807, 2.05) is 19.1 Å². The third kappa shape index (κ3) is 4.53. The summed E-state index contributed by atoms with van der Waals surface area (Å²) >= 11 is 0. The van der Waals surface area contributed by atoms with E-state index in [1.165, 1.54) is 5.56 Å². The van der Waals surface area contributed by atoms with Crippen molar-refractivity contribution in [1.29, 1.82) is 0 Å². The van der Waals surface area contributed by atoms with Crippen molar-refractivity contribution in [2.75, 3.05) is 13.2 Å². The second-order valence-corrected chi connectivity index (χ2v) is 5.32. The summed E-state index contributed by atoms with van der Waals surface area (Å²) in [6, 6.07) is 5.99. The minimum Gasteiger partial charge on any atom is -0.476 e. The van der Waals surface area contributed by atoms with Crippen LogP contribution in [0.3, 0.4) is 0 Å². The van der Waals surface area contributed by atoms with E-state index >= 15 is 0 Å². The van der Waals surface area contributed by atoms with E-state index in [0.717, 1.165) is 18.4 Å². The highest BCUT2D eigenvalue weighted by Gasteiger charge is 2.31. The van der Waals surface area contributed by atoms with Crippen LogP contribution in [0, 0.1) is 6.92 Å². The van der Waals surface area contributed by atoms with E-state index in [9.17, 15) is 4.79 Å². The predicted molar refractivity (Wildman–Crippen MR) is 79.9 cm³/mol. The van der Waals surface area contributed by atoms with E-state index in [0.29, 0.717) is 18.9 Å². The van der Waals surface area contributed by atoms with Gasteiger partial charge in [0.1, 0.15) is 5.75 Å². The first-order valence-corrected chi connectivity index (χ1v) is 7.06. The Morgan fingerprint density at radius 1 is 1.35 bits per heavy atom. The zero-order chi connectivity index (χ0) is 15.2. The van der Waals surface area contributed by atoms with Crippen LogP contribution >= 0.6 is 0 Å². The summed E-state index contributed by atoms with van der Waals surface area (Å²) in [5, 5.41) is 0. The van der Waals surface area contributed by atoms with Crippen molar-refractivity contribution >= 4 is 5.97 Å². The number of ether oxygens (including phenoxy) is 2. The van der Waals surface area contributed by atoms with Gasteiger partial charge < -0.3 is 15.2 Å². The minimum atomic E-state index is -0.987. The third-order valence-corrected chi connectivity index (χ3v) is 3.04. The van der Waals surface area contributed by atoms with Gasteiger partial charge in [-0.05, 0) is 64.3 Å². The molecule has 0 atom stereocenters. The number of carbonyl (C=O) groups excluding carboxylic acids is 1. The SMILES string of the molecule is CCOC(=O)C(C)(C)Oc1ccc(CCCN)cc1C. The Labute approximate surface area is 121 Å². The summed E-state index contributed by atoms with van der Waals surface area (Å²) < 4.78 is 10.8. The number of nitrogens with two attached hydrogens (primary N) is 1. The first kappa shape index (κ1) is 16.5. The zero-order valence-electron chi connectivity index (χ0n) is 12.9. The number of hydrogen-bond acceptors (Lipinski definition) is 4. The number of esters is 1. The highest BCUT2D eigenvalue weighted by molar-refractivity contribution is 5.79. The first-order chi connectivity index (χ1) is 9.40. The normalized spacial score (nSPS) is 11.2. The van der Waals surface area contributed by atoms with Gasteiger partial charge in [0.2, 0.25) is 0 Å². The molecular formula is C16H25NO3. The molecule has 0 radical (unpaired) electrons. The molecule has 0 aliphatic rings. The summed E-state index contributed by atoms with van der Waals surface area (Å²) in [5.41, 5.74) is 6.77. The first-order valence-electron chi connectivity index (χ1n) is 7.06. The number of hydrogen-bond donors (Lipinski definition) is 1. The van der Waals surface area contributed by atoms with Crippen molar-refractivity contribution in [3.63, 3.8) is 0 Å². The summed E-state index contributed by atoms with van der Waals surface area (Å²) in [6.45, 7) is 8.23. The van der Waals surface area contributed by atoms with Crippen LogP contribution in [0.25, 0.3) is 0 Å². The maximum Gasteiger partial charge on any atom is 0.349 e. The molecule has 0 fully saturated rings. The molecule has 0 saturated heterocycles. The smallest absolute Gasteiger partial charge is 0.349 e. The predicted octanol–water partition coefficient (Wildman–Crippen LogP) is 2.61. The topological polar surface area (TPSA) is 61.5 Å². The highest BCUT2D eigenvalue weighted by Crippen LogP contribution is 2.25. The molecule has 1 aromatic carbocycles. The van der Waals surface area contributed by atoms with Crippen LogP contribution in [-0.4, -0.2) is 24.7 Å². The summed E-state index contributed by atoms with van der Waals surface area (Å²) in [4.78, 5) is 11.8. The lowest BCUT2D eigenvalue weighted by Gasteiger charge is -2.25. The van der Waals surface area contributed by atoms with Gasteiger partial charge in [-0.3, -0.25) is 0 Å².